The maximum absolute atomic E-state index is 11.5. The lowest BCUT2D eigenvalue weighted by Crippen LogP contribution is -2.18. The molecule has 20 heavy (non-hydrogen) atoms. The molecule has 1 saturated heterocycles. The predicted molar refractivity (Wildman–Crippen MR) is 71.6 cm³/mol. The second-order valence-electron chi connectivity index (χ2n) is 5.01. The minimum Gasteiger partial charge on any atom is -0.465 e. The molecule has 2 aromatic rings. The van der Waals surface area contributed by atoms with Gasteiger partial charge in [-0.05, 0) is 30.9 Å². The Hall–Kier alpha value is -1.95. The monoisotopic (exact) mass is 275 g/mol. The minimum atomic E-state index is -0.360. The molecule has 1 aliphatic rings. The smallest absolute Gasteiger partial charge is 0.338 e. The Balaban J connectivity index is 1.84. The molecule has 0 amide bonds. The van der Waals surface area contributed by atoms with Crippen molar-refractivity contribution in [1.82, 2.24) is 14.6 Å². The molecular formula is C14H17N3O3. The van der Waals surface area contributed by atoms with E-state index in [4.69, 9.17) is 9.47 Å². The van der Waals surface area contributed by atoms with E-state index in [9.17, 15) is 4.79 Å². The average Bonchev–Trinajstić information content (AvgIpc) is 2.90. The largest absolute Gasteiger partial charge is 0.465 e. The molecule has 0 spiro atoms. The van der Waals surface area contributed by atoms with E-state index >= 15 is 0 Å². The lowest BCUT2D eigenvalue weighted by atomic mass is 9.96. The van der Waals surface area contributed by atoms with Gasteiger partial charge in [0.2, 0.25) is 0 Å². The molecule has 0 bridgehead atoms. The summed E-state index contributed by atoms with van der Waals surface area (Å²) in [5.74, 6) is 1.17. The number of hydrogen-bond acceptors (Lipinski definition) is 5. The van der Waals surface area contributed by atoms with Gasteiger partial charge in [-0.2, -0.15) is 0 Å². The van der Waals surface area contributed by atoms with E-state index in [1.165, 1.54) is 7.11 Å². The number of carbonyl (C=O) groups is 1. The van der Waals surface area contributed by atoms with E-state index in [-0.39, 0.29) is 5.97 Å². The van der Waals surface area contributed by atoms with E-state index in [0.29, 0.717) is 17.1 Å². The number of pyridine rings is 1. The average molecular weight is 275 g/mol. The zero-order valence-electron chi connectivity index (χ0n) is 11.4. The number of nitrogens with zero attached hydrogens (tertiary/aromatic N) is 3. The fourth-order valence-electron chi connectivity index (χ4n) is 2.53. The lowest BCUT2D eigenvalue weighted by Gasteiger charge is -2.20. The van der Waals surface area contributed by atoms with Gasteiger partial charge in [0.25, 0.3) is 0 Å². The fourth-order valence-corrected chi connectivity index (χ4v) is 2.53. The van der Waals surface area contributed by atoms with Crippen molar-refractivity contribution in [3.05, 3.63) is 29.7 Å². The Kier molecular flexibility index (Phi) is 3.64. The summed E-state index contributed by atoms with van der Waals surface area (Å²) in [5, 5.41) is 8.37. The normalized spacial score (nSPS) is 16.4. The highest BCUT2D eigenvalue weighted by Crippen LogP contribution is 2.20. The number of carbonyl (C=O) groups excluding carboxylic acids is 1. The van der Waals surface area contributed by atoms with Crippen LogP contribution in [0, 0.1) is 5.92 Å². The topological polar surface area (TPSA) is 65.7 Å². The first-order chi connectivity index (χ1) is 9.78. The Morgan fingerprint density at radius 3 is 3.00 bits per heavy atom. The molecule has 6 nitrogen and oxygen atoms in total. The van der Waals surface area contributed by atoms with Crippen LogP contribution in [0.3, 0.4) is 0 Å². The van der Waals surface area contributed by atoms with Crippen molar-refractivity contribution in [3.63, 3.8) is 0 Å². The van der Waals surface area contributed by atoms with E-state index in [1.54, 1.807) is 12.1 Å². The third-order valence-electron chi connectivity index (χ3n) is 3.71. The summed E-state index contributed by atoms with van der Waals surface area (Å²) in [6.45, 7) is 1.65. The van der Waals surface area contributed by atoms with Crippen LogP contribution in [0.2, 0.25) is 0 Å². The first-order valence-electron chi connectivity index (χ1n) is 6.77. The van der Waals surface area contributed by atoms with Gasteiger partial charge < -0.3 is 9.47 Å². The third kappa shape index (κ3) is 2.51. The van der Waals surface area contributed by atoms with Gasteiger partial charge in [-0.15, -0.1) is 10.2 Å². The first kappa shape index (κ1) is 13.1. The van der Waals surface area contributed by atoms with Crippen molar-refractivity contribution >= 4 is 11.6 Å². The van der Waals surface area contributed by atoms with Crippen molar-refractivity contribution in [2.45, 2.75) is 19.3 Å². The fraction of sp³-hybridized carbons (Fsp3) is 0.500. The minimum absolute atomic E-state index is 0.360. The number of hydrogen-bond donors (Lipinski definition) is 0. The van der Waals surface area contributed by atoms with Gasteiger partial charge in [0.15, 0.2) is 5.65 Å². The highest BCUT2D eigenvalue weighted by Gasteiger charge is 2.18. The maximum Gasteiger partial charge on any atom is 0.338 e. The van der Waals surface area contributed by atoms with Crippen LogP contribution in [-0.2, 0) is 15.9 Å². The quantitative estimate of drug-likeness (QED) is 0.794. The molecule has 0 atom stereocenters. The van der Waals surface area contributed by atoms with E-state index < -0.39 is 0 Å². The molecular weight excluding hydrogens is 258 g/mol. The molecule has 1 fully saturated rings. The standard InChI is InChI=1S/C14H17N3O3/c1-19-14(18)11-2-5-17-12(15-16-13(17)9-11)8-10-3-6-20-7-4-10/h2,5,9-10H,3-4,6-8H2,1H3. The number of esters is 1. The van der Waals surface area contributed by atoms with E-state index in [1.807, 2.05) is 10.6 Å². The third-order valence-corrected chi connectivity index (χ3v) is 3.71. The Morgan fingerprint density at radius 1 is 1.45 bits per heavy atom. The second kappa shape index (κ2) is 5.58. The molecule has 3 heterocycles. The Morgan fingerprint density at radius 2 is 2.25 bits per heavy atom. The van der Waals surface area contributed by atoms with Gasteiger partial charge >= 0.3 is 5.97 Å². The molecule has 0 aromatic carbocycles. The molecule has 3 rings (SSSR count). The molecule has 2 aromatic heterocycles. The van der Waals surface area contributed by atoms with Crippen molar-refractivity contribution < 1.29 is 14.3 Å². The van der Waals surface area contributed by atoms with Crippen molar-refractivity contribution in [1.29, 1.82) is 0 Å². The predicted octanol–water partition coefficient (Wildman–Crippen LogP) is 1.48. The zero-order valence-corrected chi connectivity index (χ0v) is 11.4. The number of methoxy groups -OCH3 is 1. The van der Waals surface area contributed by atoms with Crippen LogP contribution < -0.4 is 0 Å². The Bertz CT molecular complexity index is 617. The van der Waals surface area contributed by atoms with Gasteiger partial charge in [-0.25, -0.2) is 4.79 Å². The first-order valence-corrected chi connectivity index (χ1v) is 6.77. The summed E-state index contributed by atoms with van der Waals surface area (Å²) in [7, 11) is 1.37. The lowest BCUT2D eigenvalue weighted by molar-refractivity contribution is 0.0600. The molecule has 1 aliphatic heterocycles. The summed E-state index contributed by atoms with van der Waals surface area (Å²) in [5.41, 5.74) is 1.17. The summed E-state index contributed by atoms with van der Waals surface area (Å²) in [4.78, 5) is 11.5. The highest BCUT2D eigenvalue weighted by atomic mass is 16.5. The van der Waals surface area contributed by atoms with Crippen LogP contribution in [0.4, 0.5) is 0 Å². The number of rotatable bonds is 3. The summed E-state index contributed by atoms with van der Waals surface area (Å²) >= 11 is 0. The van der Waals surface area contributed by atoms with Crippen molar-refractivity contribution in [2.24, 2.45) is 5.92 Å². The van der Waals surface area contributed by atoms with E-state index in [2.05, 4.69) is 10.2 Å². The molecule has 106 valence electrons. The number of aromatic nitrogens is 3. The van der Waals surface area contributed by atoms with Gasteiger partial charge in [0.1, 0.15) is 5.82 Å². The van der Waals surface area contributed by atoms with Crippen molar-refractivity contribution in [3.8, 4) is 0 Å². The molecule has 0 radical (unpaired) electrons. The van der Waals surface area contributed by atoms with Crippen LogP contribution in [0.25, 0.3) is 5.65 Å². The highest BCUT2D eigenvalue weighted by molar-refractivity contribution is 5.90. The van der Waals surface area contributed by atoms with Crippen LogP contribution in [0.15, 0.2) is 18.3 Å². The van der Waals surface area contributed by atoms with Gasteiger partial charge in [0.05, 0.1) is 12.7 Å². The molecule has 0 unspecified atom stereocenters. The van der Waals surface area contributed by atoms with Crippen LogP contribution >= 0.6 is 0 Å². The van der Waals surface area contributed by atoms with E-state index in [0.717, 1.165) is 38.3 Å². The molecule has 0 aliphatic carbocycles. The van der Waals surface area contributed by atoms with Gasteiger partial charge in [0, 0.05) is 25.8 Å². The second-order valence-corrected chi connectivity index (χ2v) is 5.01. The Labute approximate surface area is 116 Å². The van der Waals surface area contributed by atoms with Gasteiger partial charge in [-0.3, -0.25) is 4.40 Å². The molecule has 6 heteroatoms. The zero-order chi connectivity index (χ0) is 13.9. The van der Waals surface area contributed by atoms with Gasteiger partial charge in [-0.1, -0.05) is 0 Å². The van der Waals surface area contributed by atoms with Crippen LogP contribution in [0.5, 0.6) is 0 Å². The number of fused-ring (bicyclic) bond motifs is 1. The van der Waals surface area contributed by atoms with Crippen LogP contribution in [0.1, 0.15) is 29.0 Å². The molecule has 0 saturated carbocycles. The molecule has 0 N–H and O–H groups in total. The maximum atomic E-state index is 11.5. The summed E-state index contributed by atoms with van der Waals surface area (Å²) in [6.07, 6.45) is 4.85. The SMILES string of the molecule is COC(=O)c1ccn2c(CC3CCOCC3)nnc2c1. The summed E-state index contributed by atoms with van der Waals surface area (Å²) < 4.78 is 12.0. The number of ether oxygens (including phenoxy) is 2. The summed E-state index contributed by atoms with van der Waals surface area (Å²) in [6, 6.07) is 3.43. The van der Waals surface area contributed by atoms with Crippen LogP contribution in [-0.4, -0.2) is 40.9 Å². The van der Waals surface area contributed by atoms with Crippen molar-refractivity contribution in [2.75, 3.05) is 20.3 Å².